The number of phenolic OH excluding ortho intramolecular Hbond substituents is 1. The molecule has 29 heavy (non-hydrogen) atoms. The molecule has 1 fully saturated rings. The van der Waals surface area contributed by atoms with Gasteiger partial charge in [-0.3, -0.25) is 4.90 Å². The summed E-state index contributed by atoms with van der Waals surface area (Å²) in [6.45, 7) is 15.3. The van der Waals surface area contributed by atoms with E-state index in [1.165, 1.54) is 11.1 Å². The summed E-state index contributed by atoms with van der Waals surface area (Å²) in [5.74, 6) is 2.78. The molecule has 2 nitrogen and oxygen atoms in total. The Bertz CT molecular complexity index is 825. The third-order valence-electron chi connectivity index (χ3n) is 5.67. The molecular weight excluding hydrogens is 442 g/mol. The van der Waals surface area contributed by atoms with Crippen LogP contribution in [0.3, 0.4) is 0 Å². The van der Waals surface area contributed by atoms with E-state index >= 15 is 0 Å². The van der Waals surface area contributed by atoms with Crippen LogP contribution in [0.25, 0.3) is 0 Å². The fourth-order valence-electron chi connectivity index (χ4n) is 4.08. The Morgan fingerprint density at radius 1 is 0.931 bits per heavy atom. The summed E-state index contributed by atoms with van der Waals surface area (Å²) in [5, 5.41) is 11.2. The largest absolute Gasteiger partial charge is 0.507 e. The Morgan fingerprint density at radius 3 is 1.93 bits per heavy atom. The van der Waals surface area contributed by atoms with E-state index in [1.807, 2.05) is 11.8 Å². The third kappa shape index (κ3) is 5.03. The first kappa shape index (κ1) is 22.7. The zero-order chi connectivity index (χ0) is 21.4. The van der Waals surface area contributed by atoms with E-state index in [9.17, 15) is 5.11 Å². The van der Waals surface area contributed by atoms with E-state index < -0.39 is 0 Å². The van der Waals surface area contributed by atoms with E-state index in [2.05, 4.69) is 98.8 Å². The minimum absolute atomic E-state index is 0.129. The molecule has 1 aliphatic heterocycles. The lowest BCUT2D eigenvalue weighted by molar-refractivity contribution is 0.248. The highest BCUT2D eigenvalue weighted by molar-refractivity contribution is 9.10. The molecule has 0 radical (unpaired) electrons. The first-order chi connectivity index (χ1) is 13.5. The number of hydrogen-bond donors (Lipinski definition) is 1. The van der Waals surface area contributed by atoms with Gasteiger partial charge in [-0.05, 0) is 51.3 Å². The van der Waals surface area contributed by atoms with Gasteiger partial charge in [0.2, 0.25) is 0 Å². The highest BCUT2D eigenvalue weighted by atomic mass is 79.9. The van der Waals surface area contributed by atoms with Crippen LogP contribution in [0.1, 0.15) is 69.8 Å². The van der Waals surface area contributed by atoms with E-state index in [1.54, 1.807) is 0 Å². The normalized spacial score (nSPS) is 17.3. The first-order valence-corrected chi connectivity index (χ1v) is 12.4. The predicted molar refractivity (Wildman–Crippen MR) is 130 cm³/mol. The molecular formula is C25H34BrNOS. The summed E-state index contributed by atoms with van der Waals surface area (Å²) in [6.07, 6.45) is 0. The van der Waals surface area contributed by atoms with Crippen LogP contribution >= 0.6 is 27.7 Å². The van der Waals surface area contributed by atoms with Gasteiger partial charge in [-0.15, -0.1) is 0 Å². The SMILES string of the molecule is CC(C)(C)c1cc(C(c2ccccc2Br)N2CCSCC2)cc(C(C)(C)C)c1O. The van der Waals surface area contributed by atoms with Crippen molar-refractivity contribution in [2.45, 2.75) is 58.4 Å². The van der Waals surface area contributed by atoms with Gasteiger partial charge in [-0.25, -0.2) is 0 Å². The number of phenols is 1. The monoisotopic (exact) mass is 475 g/mol. The maximum absolute atomic E-state index is 11.2. The molecule has 0 amide bonds. The second kappa shape index (κ2) is 8.64. The second-order valence-electron chi connectivity index (χ2n) is 10.0. The van der Waals surface area contributed by atoms with Crippen LogP contribution in [0, 0.1) is 0 Å². The summed E-state index contributed by atoms with van der Waals surface area (Å²) >= 11 is 5.84. The van der Waals surface area contributed by atoms with Crippen molar-refractivity contribution in [3.63, 3.8) is 0 Å². The summed E-state index contributed by atoms with van der Waals surface area (Å²) in [6, 6.07) is 13.2. The van der Waals surface area contributed by atoms with Gasteiger partial charge in [0, 0.05) is 29.1 Å². The molecule has 2 aromatic carbocycles. The molecule has 0 saturated carbocycles. The van der Waals surface area contributed by atoms with Crippen molar-refractivity contribution in [2.24, 2.45) is 0 Å². The number of hydrogen-bond acceptors (Lipinski definition) is 3. The Kier molecular flexibility index (Phi) is 6.77. The van der Waals surface area contributed by atoms with Crippen LogP contribution in [-0.2, 0) is 10.8 Å². The predicted octanol–water partition coefficient (Wildman–Crippen LogP) is 6.89. The summed E-state index contributed by atoms with van der Waals surface area (Å²) < 4.78 is 1.14. The van der Waals surface area contributed by atoms with E-state index in [0.29, 0.717) is 5.75 Å². The molecule has 158 valence electrons. The van der Waals surface area contributed by atoms with Crippen molar-refractivity contribution in [3.8, 4) is 5.75 Å². The zero-order valence-electron chi connectivity index (χ0n) is 18.6. The number of nitrogens with zero attached hydrogens (tertiary/aromatic N) is 1. The standard InChI is InChI=1S/C25H34BrNOS/c1-24(2,3)19-15-17(16-20(23(19)28)25(4,5)6)22(27-11-13-29-14-12-27)18-9-7-8-10-21(18)26/h7-10,15-16,22,28H,11-14H2,1-6H3. The summed E-state index contributed by atoms with van der Waals surface area (Å²) in [4.78, 5) is 2.60. The van der Waals surface area contributed by atoms with Crippen molar-refractivity contribution in [2.75, 3.05) is 24.6 Å². The van der Waals surface area contributed by atoms with E-state index in [0.717, 1.165) is 40.2 Å². The van der Waals surface area contributed by atoms with Crippen LogP contribution in [-0.4, -0.2) is 34.6 Å². The molecule has 0 aliphatic carbocycles. The van der Waals surface area contributed by atoms with E-state index in [-0.39, 0.29) is 16.9 Å². The lowest BCUT2D eigenvalue weighted by Gasteiger charge is -2.37. The Balaban J connectivity index is 2.26. The number of benzene rings is 2. The molecule has 1 atom stereocenters. The summed E-state index contributed by atoms with van der Waals surface area (Å²) in [5.41, 5.74) is 4.38. The van der Waals surface area contributed by atoms with Crippen molar-refractivity contribution in [3.05, 3.63) is 63.1 Å². The Morgan fingerprint density at radius 2 is 1.45 bits per heavy atom. The molecule has 0 spiro atoms. The van der Waals surface area contributed by atoms with Gasteiger partial charge in [0.1, 0.15) is 5.75 Å². The number of thioether (sulfide) groups is 1. The molecule has 1 aliphatic rings. The molecule has 1 saturated heterocycles. The molecule has 1 heterocycles. The van der Waals surface area contributed by atoms with Crippen LogP contribution in [0.4, 0.5) is 0 Å². The Hall–Kier alpha value is -0.970. The smallest absolute Gasteiger partial charge is 0.123 e. The minimum Gasteiger partial charge on any atom is -0.507 e. The van der Waals surface area contributed by atoms with Gasteiger partial charge >= 0.3 is 0 Å². The van der Waals surface area contributed by atoms with Crippen molar-refractivity contribution in [1.29, 1.82) is 0 Å². The van der Waals surface area contributed by atoms with Gasteiger partial charge in [-0.2, -0.15) is 11.8 Å². The van der Waals surface area contributed by atoms with Gasteiger partial charge in [-0.1, -0.05) is 75.7 Å². The highest BCUT2D eigenvalue weighted by Gasteiger charge is 2.31. The molecule has 4 heteroatoms. The fourth-order valence-corrected chi connectivity index (χ4v) is 5.51. The lowest BCUT2D eigenvalue weighted by atomic mass is 9.77. The topological polar surface area (TPSA) is 23.5 Å². The minimum atomic E-state index is -0.129. The maximum Gasteiger partial charge on any atom is 0.123 e. The van der Waals surface area contributed by atoms with E-state index in [4.69, 9.17) is 0 Å². The number of aromatic hydroxyl groups is 1. The van der Waals surface area contributed by atoms with Gasteiger partial charge in [0.15, 0.2) is 0 Å². The van der Waals surface area contributed by atoms with Crippen LogP contribution in [0.15, 0.2) is 40.9 Å². The summed E-state index contributed by atoms with van der Waals surface area (Å²) in [7, 11) is 0. The van der Waals surface area contributed by atoms with Crippen molar-refractivity contribution in [1.82, 2.24) is 4.90 Å². The lowest BCUT2D eigenvalue weighted by Crippen LogP contribution is -2.37. The highest BCUT2D eigenvalue weighted by Crippen LogP contribution is 2.44. The average Bonchev–Trinajstić information content (AvgIpc) is 2.63. The molecule has 0 aromatic heterocycles. The quantitative estimate of drug-likeness (QED) is 0.522. The molecule has 0 bridgehead atoms. The zero-order valence-corrected chi connectivity index (χ0v) is 21.0. The van der Waals surface area contributed by atoms with Crippen molar-refractivity contribution >= 4 is 27.7 Å². The first-order valence-electron chi connectivity index (χ1n) is 10.4. The van der Waals surface area contributed by atoms with Gasteiger partial charge < -0.3 is 5.11 Å². The maximum atomic E-state index is 11.2. The third-order valence-corrected chi connectivity index (χ3v) is 7.34. The molecule has 1 unspecified atom stereocenters. The van der Waals surface area contributed by atoms with Crippen LogP contribution < -0.4 is 0 Å². The molecule has 2 aromatic rings. The van der Waals surface area contributed by atoms with Gasteiger partial charge in [0.05, 0.1) is 6.04 Å². The molecule has 3 rings (SSSR count). The van der Waals surface area contributed by atoms with Crippen LogP contribution in [0.5, 0.6) is 5.75 Å². The van der Waals surface area contributed by atoms with Crippen molar-refractivity contribution < 1.29 is 5.11 Å². The van der Waals surface area contributed by atoms with Crippen LogP contribution in [0.2, 0.25) is 0 Å². The van der Waals surface area contributed by atoms with Gasteiger partial charge in [0.25, 0.3) is 0 Å². The number of halogens is 1. The average molecular weight is 477 g/mol. The second-order valence-corrected chi connectivity index (χ2v) is 12.1. The number of rotatable bonds is 3. The molecule has 1 N–H and O–H groups in total. The Labute approximate surface area is 189 Å². The fraction of sp³-hybridized carbons (Fsp3) is 0.520.